The Labute approximate surface area is 134 Å². The summed E-state index contributed by atoms with van der Waals surface area (Å²) in [7, 11) is 3.63. The van der Waals surface area contributed by atoms with Crippen LogP contribution in [-0.2, 0) is 0 Å². The molecule has 0 saturated heterocycles. The van der Waals surface area contributed by atoms with Crippen molar-refractivity contribution < 1.29 is 9.47 Å². The molecule has 2 rings (SSSR count). The van der Waals surface area contributed by atoms with Crippen molar-refractivity contribution in [2.24, 2.45) is 0 Å². The van der Waals surface area contributed by atoms with E-state index in [-0.39, 0.29) is 6.04 Å². The van der Waals surface area contributed by atoms with Gasteiger partial charge >= 0.3 is 0 Å². The maximum absolute atomic E-state index is 5.75. The summed E-state index contributed by atoms with van der Waals surface area (Å²) in [6, 6.07) is 14.1. The molecule has 112 valence electrons. The molecule has 0 fully saturated rings. The third-order valence-electron chi connectivity index (χ3n) is 3.32. The first-order valence-electron chi connectivity index (χ1n) is 6.93. The molecule has 0 amide bonds. The molecule has 0 saturated carbocycles. The Bertz CT molecular complexity index is 601. The smallest absolute Gasteiger partial charge is 0.124 e. The number of benzene rings is 2. The van der Waals surface area contributed by atoms with Gasteiger partial charge in [0.2, 0.25) is 0 Å². The zero-order valence-corrected chi connectivity index (χ0v) is 14.1. The van der Waals surface area contributed by atoms with Crippen LogP contribution in [0.4, 0.5) is 0 Å². The highest BCUT2D eigenvalue weighted by atomic mass is 79.9. The Kier molecular flexibility index (Phi) is 5.65. The van der Waals surface area contributed by atoms with Crippen molar-refractivity contribution in [3.63, 3.8) is 0 Å². The van der Waals surface area contributed by atoms with E-state index in [0.29, 0.717) is 6.61 Å². The van der Waals surface area contributed by atoms with Crippen LogP contribution in [0.25, 0.3) is 0 Å². The van der Waals surface area contributed by atoms with Crippen LogP contribution in [-0.4, -0.2) is 20.8 Å². The fourth-order valence-corrected chi connectivity index (χ4v) is 2.79. The second-order valence-corrected chi connectivity index (χ2v) is 5.49. The molecule has 0 aliphatic carbocycles. The first-order chi connectivity index (χ1) is 10.2. The van der Waals surface area contributed by atoms with Gasteiger partial charge in [-0.1, -0.05) is 34.1 Å². The van der Waals surface area contributed by atoms with Gasteiger partial charge in [-0.05, 0) is 38.2 Å². The minimum atomic E-state index is 0.000185. The summed E-state index contributed by atoms with van der Waals surface area (Å²) >= 11 is 3.53. The molecular formula is C17H20BrNO2. The van der Waals surface area contributed by atoms with Gasteiger partial charge in [0.1, 0.15) is 11.5 Å². The zero-order chi connectivity index (χ0) is 15.2. The van der Waals surface area contributed by atoms with E-state index in [2.05, 4.69) is 33.4 Å². The molecule has 0 aliphatic rings. The highest BCUT2D eigenvalue weighted by Crippen LogP contribution is 2.36. The van der Waals surface area contributed by atoms with Gasteiger partial charge in [-0.15, -0.1) is 0 Å². The molecule has 2 aromatic carbocycles. The largest absolute Gasteiger partial charge is 0.496 e. The molecule has 1 unspecified atom stereocenters. The van der Waals surface area contributed by atoms with Crippen LogP contribution in [0.2, 0.25) is 0 Å². The number of para-hydroxylation sites is 1. The summed E-state index contributed by atoms with van der Waals surface area (Å²) in [5.74, 6) is 1.74. The molecule has 0 aliphatic heterocycles. The normalized spacial score (nSPS) is 12.0. The van der Waals surface area contributed by atoms with E-state index in [1.54, 1.807) is 7.11 Å². The molecule has 0 heterocycles. The second kappa shape index (κ2) is 7.48. The lowest BCUT2D eigenvalue weighted by molar-refractivity contribution is 0.333. The molecule has 0 aromatic heterocycles. The maximum atomic E-state index is 5.75. The van der Waals surface area contributed by atoms with Gasteiger partial charge in [-0.3, -0.25) is 0 Å². The lowest BCUT2D eigenvalue weighted by atomic mass is 9.97. The molecule has 1 atom stereocenters. The van der Waals surface area contributed by atoms with Crippen molar-refractivity contribution in [1.29, 1.82) is 0 Å². The van der Waals surface area contributed by atoms with E-state index in [9.17, 15) is 0 Å². The first-order valence-corrected chi connectivity index (χ1v) is 7.73. The molecule has 21 heavy (non-hydrogen) atoms. The van der Waals surface area contributed by atoms with Crippen molar-refractivity contribution in [2.75, 3.05) is 20.8 Å². The van der Waals surface area contributed by atoms with E-state index < -0.39 is 0 Å². The summed E-state index contributed by atoms with van der Waals surface area (Å²) in [5.41, 5.74) is 2.17. The van der Waals surface area contributed by atoms with Gasteiger partial charge in [0, 0.05) is 15.6 Å². The Morgan fingerprint density at radius 2 is 1.86 bits per heavy atom. The molecule has 0 radical (unpaired) electrons. The average molecular weight is 350 g/mol. The quantitative estimate of drug-likeness (QED) is 0.848. The third kappa shape index (κ3) is 3.57. The number of ether oxygens (including phenoxy) is 2. The van der Waals surface area contributed by atoms with Crippen LogP contribution in [0.5, 0.6) is 11.5 Å². The first kappa shape index (κ1) is 15.9. The van der Waals surface area contributed by atoms with Crippen LogP contribution in [0.15, 0.2) is 46.9 Å². The van der Waals surface area contributed by atoms with E-state index in [1.807, 2.05) is 44.3 Å². The fraction of sp³-hybridized carbons (Fsp3) is 0.294. The van der Waals surface area contributed by atoms with Gasteiger partial charge in [0.25, 0.3) is 0 Å². The van der Waals surface area contributed by atoms with Gasteiger partial charge in [-0.2, -0.15) is 0 Å². The zero-order valence-electron chi connectivity index (χ0n) is 12.5. The van der Waals surface area contributed by atoms with Crippen molar-refractivity contribution >= 4 is 15.9 Å². The Balaban J connectivity index is 2.52. The molecule has 0 bridgehead atoms. The predicted octanol–water partition coefficient (Wildman–Crippen LogP) is 4.17. The molecular weight excluding hydrogens is 330 g/mol. The number of rotatable bonds is 6. The highest BCUT2D eigenvalue weighted by Gasteiger charge is 2.20. The van der Waals surface area contributed by atoms with Crippen LogP contribution < -0.4 is 14.8 Å². The number of nitrogens with one attached hydrogen (secondary N) is 1. The summed E-state index contributed by atoms with van der Waals surface area (Å²) in [6.07, 6.45) is 0. The summed E-state index contributed by atoms with van der Waals surface area (Å²) < 4.78 is 12.3. The Morgan fingerprint density at radius 1 is 1.10 bits per heavy atom. The van der Waals surface area contributed by atoms with Gasteiger partial charge in [0.05, 0.1) is 19.8 Å². The van der Waals surface area contributed by atoms with Crippen LogP contribution in [0, 0.1) is 0 Å². The van der Waals surface area contributed by atoms with Crippen LogP contribution >= 0.6 is 15.9 Å². The Hall–Kier alpha value is -1.52. The molecule has 4 heteroatoms. The van der Waals surface area contributed by atoms with Crippen molar-refractivity contribution in [3.05, 3.63) is 58.1 Å². The third-order valence-corrected chi connectivity index (χ3v) is 3.81. The summed E-state index contributed by atoms with van der Waals surface area (Å²) in [5, 5.41) is 3.35. The SMILES string of the molecule is CCOc1ccccc1C(NC)c1cc(Br)ccc1OC. The summed E-state index contributed by atoms with van der Waals surface area (Å²) in [4.78, 5) is 0. The predicted molar refractivity (Wildman–Crippen MR) is 89.2 cm³/mol. The van der Waals surface area contributed by atoms with Crippen LogP contribution in [0.1, 0.15) is 24.1 Å². The highest BCUT2D eigenvalue weighted by molar-refractivity contribution is 9.10. The van der Waals surface area contributed by atoms with E-state index >= 15 is 0 Å². The topological polar surface area (TPSA) is 30.5 Å². The van der Waals surface area contributed by atoms with E-state index in [1.165, 1.54) is 0 Å². The molecule has 3 nitrogen and oxygen atoms in total. The maximum Gasteiger partial charge on any atom is 0.124 e. The molecule has 0 spiro atoms. The summed E-state index contributed by atoms with van der Waals surface area (Å²) in [6.45, 7) is 2.63. The van der Waals surface area contributed by atoms with Crippen LogP contribution in [0.3, 0.4) is 0 Å². The van der Waals surface area contributed by atoms with Gasteiger partial charge < -0.3 is 14.8 Å². The van der Waals surface area contributed by atoms with Crippen molar-refractivity contribution in [2.45, 2.75) is 13.0 Å². The minimum Gasteiger partial charge on any atom is -0.496 e. The van der Waals surface area contributed by atoms with Gasteiger partial charge in [-0.25, -0.2) is 0 Å². The number of methoxy groups -OCH3 is 1. The molecule has 2 aromatic rings. The second-order valence-electron chi connectivity index (χ2n) is 4.58. The molecule has 1 N–H and O–H groups in total. The number of halogens is 1. The fourth-order valence-electron chi connectivity index (χ4n) is 2.42. The Morgan fingerprint density at radius 3 is 2.52 bits per heavy atom. The minimum absolute atomic E-state index is 0.000185. The average Bonchev–Trinajstić information content (AvgIpc) is 2.50. The van der Waals surface area contributed by atoms with Crippen molar-refractivity contribution in [3.8, 4) is 11.5 Å². The monoisotopic (exact) mass is 349 g/mol. The van der Waals surface area contributed by atoms with E-state index in [4.69, 9.17) is 9.47 Å². The lowest BCUT2D eigenvalue weighted by Crippen LogP contribution is -2.19. The lowest BCUT2D eigenvalue weighted by Gasteiger charge is -2.22. The standard InChI is InChI=1S/C17H20BrNO2/c1-4-21-16-8-6-5-7-13(16)17(19-2)14-11-12(18)9-10-15(14)20-3/h5-11,17,19H,4H2,1-3H3. The number of hydrogen-bond acceptors (Lipinski definition) is 3. The van der Waals surface area contributed by atoms with Crippen molar-refractivity contribution in [1.82, 2.24) is 5.32 Å². The number of hydrogen-bond donors (Lipinski definition) is 1. The van der Waals surface area contributed by atoms with Gasteiger partial charge in [0.15, 0.2) is 0 Å². The van der Waals surface area contributed by atoms with E-state index in [0.717, 1.165) is 27.1 Å².